The predicted molar refractivity (Wildman–Crippen MR) is 68.5 cm³/mol. The van der Waals surface area contributed by atoms with E-state index in [1.807, 2.05) is 19.1 Å². The van der Waals surface area contributed by atoms with Crippen LogP contribution in [0.1, 0.15) is 25.0 Å². The molecule has 1 aliphatic carbocycles. The van der Waals surface area contributed by atoms with Crippen LogP contribution in [0.25, 0.3) is 0 Å². The molecule has 0 unspecified atom stereocenters. The Morgan fingerprint density at radius 2 is 2.25 bits per heavy atom. The van der Waals surface area contributed by atoms with Gasteiger partial charge in [-0.2, -0.15) is 0 Å². The molecule has 0 bridgehead atoms. The van der Waals surface area contributed by atoms with Gasteiger partial charge in [0.1, 0.15) is 5.82 Å². The van der Waals surface area contributed by atoms with Crippen LogP contribution in [0.15, 0.2) is 16.6 Å². The van der Waals surface area contributed by atoms with Crippen molar-refractivity contribution in [3.05, 3.63) is 22.3 Å². The number of aromatic nitrogens is 1. The van der Waals surface area contributed by atoms with Crippen LogP contribution < -0.4 is 5.32 Å². The Labute approximate surface area is 104 Å². The minimum Gasteiger partial charge on any atom is -0.396 e. The zero-order chi connectivity index (χ0) is 11.6. The minimum atomic E-state index is 0.286. The molecule has 0 radical (unpaired) electrons. The van der Waals surface area contributed by atoms with Gasteiger partial charge in [0.15, 0.2) is 0 Å². The first-order valence-corrected chi connectivity index (χ1v) is 6.42. The number of aliphatic hydroxyl groups is 1. The van der Waals surface area contributed by atoms with Crippen LogP contribution in [0.4, 0.5) is 5.82 Å². The van der Waals surface area contributed by atoms with Gasteiger partial charge in [-0.15, -0.1) is 0 Å². The standard InChI is InChI=1S/C12H17BrN2O/c1-9-10(13)2-3-11(15-9)14-8-12(4-5-12)6-7-16/h2-3,16H,4-8H2,1H3,(H,14,15). The van der Waals surface area contributed by atoms with Crippen molar-refractivity contribution in [2.75, 3.05) is 18.5 Å². The molecule has 0 aliphatic heterocycles. The van der Waals surface area contributed by atoms with Gasteiger partial charge in [0.25, 0.3) is 0 Å². The van der Waals surface area contributed by atoms with E-state index in [-0.39, 0.29) is 6.61 Å². The van der Waals surface area contributed by atoms with Gasteiger partial charge < -0.3 is 10.4 Å². The van der Waals surface area contributed by atoms with Crippen LogP contribution in [-0.2, 0) is 0 Å². The van der Waals surface area contributed by atoms with Crippen molar-refractivity contribution in [1.29, 1.82) is 0 Å². The second kappa shape index (κ2) is 4.72. The molecule has 2 N–H and O–H groups in total. The van der Waals surface area contributed by atoms with Crippen LogP contribution >= 0.6 is 15.9 Å². The van der Waals surface area contributed by atoms with E-state index in [1.54, 1.807) is 0 Å². The van der Waals surface area contributed by atoms with E-state index in [9.17, 15) is 0 Å². The average Bonchev–Trinajstić information content (AvgIpc) is 3.01. The highest BCUT2D eigenvalue weighted by Crippen LogP contribution is 2.48. The predicted octanol–water partition coefficient (Wildman–Crippen LogP) is 2.73. The van der Waals surface area contributed by atoms with Gasteiger partial charge >= 0.3 is 0 Å². The summed E-state index contributed by atoms with van der Waals surface area (Å²) in [5.74, 6) is 0.921. The summed E-state index contributed by atoms with van der Waals surface area (Å²) in [5.41, 5.74) is 1.33. The minimum absolute atomic E-state index is 0.286. The summed E-state index contributed by atoms with van der Waals surface area (Å²) in [6.07, 6.45) is 3.33. The quantitative estimate of drug-likeness (QED) is 0.874. The molecule has 2 rings (SSSR count). The number of halogens is 1. The van der Waals surface area contributed by atoms with Gasteiger partial charge in [0.05, 0.1) is 5.69 Å². The third-order valence-corrected chi connectivity index (χ3v) is 4.10. The second-order valence-electron chi connectivity index (χ2n) is 4.59. The van der Waals surface area contributed by atoms with Gasteiger partial charge in [0, 0.05) is 17.6 Å². The van der Waals surface area contributed by atoms with E-state index >= 15 is 0 Å². The van der Waals surface area contributed by atoms with Gasteiger partial charge in [-0.3, -0.25) is 0 Å². The average molecular weight is 285 g/mol. The molecule has 1 aromatic rings. The topological polar surface area (TPSA) is 45.2 Å². The number of hydrogen-bond acceptors (Lipinski definition) is 3. The van der Waals surface area contributed by atoms with Gasteiger partial charge in [-0.05, 0) is 59.7 Å². The maximum absolute atomic E-state index is 8.97. The van der Waals surface area contributed by atoms with Crippen molar-refractivity contribution < 1.29 is 5.11 Å². The van der Waals surface area contributed by atoms with Gasteiger partial charge in [-0.25, -0.2) is 4.98 Å². The molecule has 1 saturated carbocycles. The van der Waals surface area contributed by atoms with Crippen molar-refractivity contribution in [1.82, 2.24) is 4.98 Å². The summed E-state index contributed by atoms with van der Waals surface area (Å²) in [6, 6.07) is 3.99. The number of hydrogen-bond donors (Lipinski definition) is 2. The number of nitrogens with zero attached hydrogens (tertiary/aromatic N) is 1. The number of aryl methyl sites for hydroxylation is 1. The molecule has 0 amide bonds. The molecule has 1 fully saturated rings. The van der Waals surface area contributed by atoms with Crippen LogP contribution in [0.3, 0.4) is 0 Å². The SMILES string of the molecule is Cc1nc(NCC2(CCO)CC2)ccc1Br. The lowest BCUT2D eigenvalue weighted by Crippen LogP contribution is -2.17. The Kier molecular flexibility index (Phi) is 3.50. The molecule has 3 nitrogen and oxygen atoms in total. The normalized spacial score (nSPS) is 17.2. The Morgan fingerprint density at radius 1 is 1.50 bits per heavy atom. The van der Waals surface area contributed by atoms with Gasteiger partial charge in [0.2, 0.25) is 0 Å². The fraction of sp³-hybridized carbons (Fsp3) is 0.583. The summed E-state index contributed by atoms with van der Waals surface area (Å²) in [7, 11) is 0. The molecule has 0 spiro atoms. The number of nitrogens with one attached hydrogen (secondary N) is 1. The first-order valence-electron chi connectivity index (χ1n) is 5.63. The number of rotatable bonds is 5. The van der Waals surface area contributed by atoms with Gasteiger partial charge in [-0.1, -0.05) is 0 Å². The molecule has 88 valence electrons. The van der Waals surface area contributed by atoms with Crippen molar-refractivity contribution >= 4 is 21.7 Å². The Morgan fingerprint density at radius 3 is 2.81 bits per heavy atom. The van der Waals surface area contributed by atoms with Crippen molar-refractivity contribution in [2.45, 2.75) is 26.2 Å². The largest absolute Gasteiger partial charge is 0.396 e. The van der Waals surface area contributed by atoms with E-state index in [4.69, 9.17) is 5.11 Å². The number of pyridine rings is 1. The van der Waals surface area contributed by atoms with E-state index in [1.165, 1.54) is 12.8 Å². The molecule has 0 saturated heterocycles. The fourth-order valence-corrected chi connectivity index (χ4v) is 2.07. The first kappa shape index (κ1) is 11.9. The van der Waals surface area contributed by atoms with E-state index in [0.717, 1.165) is 29.0 Å². The highest BCUT2D eigenvalue weighted by molar-refractivity contribution is 9.10. The molecule has 0 aromatic carbocycles. The molecular formula is C12H17BrN2O. The summed E-state index contributed by atoms with van der Waals surface area (Å²) >= 11 is 3.43. The molecule has 16 heavy (non-hydrogen) atoms. The maximum atomic E-state index is 8.97. The van der Waals surface area contributed by atoms with Crippen molar-refractivity contribution in [3.8, 4) is 0 Å². The third-order valence-electron chi connectivity index (χ3n) is 3.27. The second-order valence-corrected chi connectivity index (χ2v) is 5.45. The monoisotopic (exact) mass is 284 g/mol. The highest BCUT2D eigenvalue weighted by atomic mass is 79.9. The molecule has 4 heteroatoms. The Hall–Kier alpha value is -0.610. The zero-order valence-corrected chi connectivity index (χ0v) is 11.0. The van der Waals surface area contributed by atoms with Crippen LogP contribution in [0.2, 0.25) is 0 Å². The van der Waals surface area contributed by atoms with Crippen LogP contribution in [0.5, 0.6) is 0 Å². The van der Waals surface area contributed by atoms with E-state index < -0.39 is 0 Å². The summed E-state index contributed by atoms with van der Waals surface area (Å²) in [4.78, 5) is 4.44. The maximum Gasteiger partial charge on any atom is 0.126 e. The van der Waals surface area contributed by atoms with E-state index in [2.05, 4.69) is 26.2 Å². The lowest BCUT2D eigenvalue weighted by molar-refractivity contribution is 0.253. The van der Waals surface area contributed by atoms with Crippen LogP contribution in [-0.4, -0.2) is 23.2 Å². The summed E-state index contributed by atoms with van der Waals surface area (Å²) in [6.45, 7) is 3.19. The summed E-state index contributed by atoms with van der Waals surface area (Å²) < 4.78 is 1.04. The molecule has 1 heterocycles. The molecular weight excluding hydrogens is 268 g/mol. The number of anilines is 1. The first-order chi connectivity index (χ1) is 7.65. The Balaban J connectivity index is 1.92. The molecule has 0 atom stereocenters. The third kappa shape index (κ3) is 2.74. The van der Waals surface area contributed by atoms with Crippen molar-refractivity contribution in [2.24, 2.45) is 5.41 Å². The molecule has 1 aliphatic rings. The zero-order valence-electron chi connectivity index (χ0n) is 9.46. The summed E-state index contributed by atoms with van der Waals surface area (Å²) in [5, 5.41) is 12.3. The Bertz CT molecular complexity index is 377. The van der Waals surface area contributed by atoms with E-state index in [0.29, 0.717) is 5.41 Å². The fourth-order valence-electron chi connectivity index (χ4n) is 1.85. The van der Waals surface area contributed by atoms with Crippen LogP contribution in [0, 0.1) is 12.3 Å². The number of aliphatic hydroxyl groups excluding tert-OH is 1. The lowest BCUT2D eigenvalue weighted by atomic mass is 10.0. The highest BCUT2D eigenvalue weighted by Gasteiger charge is 2.41. The lowest BCUT2D eigenvalue weighted by Gasteiger charge is -2.15. The molecule has 1 aromatic heterocycles. The smallest absolute Gasteiger partial charge is 0.126 e. The van der Waals surface area contributed by atoms with Crippen molar-refractivity contribution in [3.63, 3.8) is 0 Å².